The zero-order chi connectivity index (χ0) is 17.8. The van der Waals surface area contributed by atoms with E-state index in [0.29, 0.717) is 18.2 Å². The molecule has 0 aromatic carbocycles. The van der Waals surface area contributed by atoms with Crippen molar-refractivity contribution < 1.29 is 4.79 Å². The van der Waals surface area contributed by atoms with Crippen molar-refractivity contribution in [2.75, 3.05) is 0 Å². The normalized spacial score (nSPS) is 14.5. The minimum atomic E-state index is -0.117. The highest BCUT2D eigenvalue weighted by Gasteiger charge is 2.22. The van der Waals surface area contributed by atoms with Crippen LogP contribution in [-0.4, -0.2) is 25.7 Å². The Morgan fingerprint density at radius 1 is 1.04 bits per heavy atom. The molecule has 0 aliphatic heterocycles. The Kier molecular flexibility index (Phi) is 4.73. The highest BCUT2D eigenvalue weighted by atomic mass is 16.1. The van der Waals surface area contributed by atoms with E-state index in [1.807, 2.05) is 12.1 Å². The smallest absolute Gasteiger partial charge is 0.251 e. The van der Waals surface area contributed by atoms with Crippen LogP contribution in [0.1, 0.15) is 47.8 Å². The van der Waals surface area contributed by atoms with Gasteiger partial charge < -0.3 is 5.32 Å². The molecule has 1 amide bonds. The average Bonchev–Trinajstić information content (AvgIpc) is 3.37. The van der Waals surface area contributed by atoms with Gasteiger partial charge in [-0.05, 0) is 43.2 Å². The van der Waals surface area contributed by atoms with E-state index in [9.17, 15) is 4.79 Å². The standard InChI is InChI=1S/C20H21N5O/c26-20(16-7-11-22-12-8-16)23-14-17-13-19(15-5-9-21-10-6-15)25(24-17)18-3-1-2-4-18/h5-13,18H,1-4,14H2,(H,23,26). The first-order valence-electron chi connectivity index (χ1n) is 8.98. The van der Waals surface area contributed by atoms with Crippen LogP contribution in [0.5, 0.6) is 0 Å². The first kappa shape index (κ1) is 16.4. The van der Waals surface area contributed by atoms with Gasteiger partial charge in [-0.15, -0.1) is 0 Å². The van der Waals surface area contributed by atoms with Crippen molar-refractivity contribution in [2.24, 2.45) is 0 Å². The lowest BCUT2D eigenvalue weighted by atomic mass is 10.1. The number of hydrogen-bond donors (Lipinski definition) is 1. The van der Waals surface area contributed by atoms with Crippen molar-refractivity contribution in [3.8, 4) is 11.3 Å². The molecule has 3 aromatic rings. The summed E-state index contributed by atoms with van der Waals surface area (Å²) in [6.45, 7) is 0.402. The Hall–Kier alpha value is -3.02. The second-order valence-electron chi connectivity index (χ2n) is 6.56. The van der Waals surface area contributed by atoms with Gasteiger partial charge in [0.15, 0.2) is 0 Å². The van der Waals surface area contributed by atoms with E-state index in [-0.39, 0.29) is 5.91 Å². The number of carbonyl (C=O) groups is 1. The topological polar surface area (TPSA) is 72.7 Å². The van der Waals surface area contributed by atoms with Crippen LogP contribution in [-0.2, 0) is 6.54 Å². The molecule has 4 rings (SSSR count). The van der Waals surface area contributed by atoms with Gasteiger partial charge in [0.05, 0.1) is 24.0 Å². The van der Waals surface area contributed by atoms with E-state index in [0.717, 1.165) is 29.8 Å². The molecule has 0 bridgehead atoms. The Bertz CT molecular complexity index is 870. The fourth-order valence-corrected chi connectivity index (χ4v) is 3.47. The Morgan fingerprint density at radius 3 is 2.38 bits per heavy atom. The maximum atomic E-state index is 12.3. The van der Waals surface area contributed by atoms with E-state index in [1.54, 1.807) is 36.9 Å². The summed E-state index contributed by atoms with van der Waals surface area (Å²) in [5.74, 6) is -0.117. The van der Waals surface area contributed by atoms with Crippen LogP contribution in [0, 0.1) is 0 Å². The van der Waals surface area contributed by atoms with Gasteiger partial charge in [0.25, 0.3) is 5.91 Å². The second kappa shape index (κ2) is 7.47. The molecule has 1 saturated carbocycles. The van der Waals surface area contributed by atoms with Crippen LogP contribution in [0.25, 0.3) is 11.3 Å². The van der Waals surface area contributed by atoms with Crippen molar-refractivity contribution >= 4 is 5.91 Å². The number of hydrogen-bond acceptors (Lipinski definition) is 4. The van der Waals surface area contributed by atoms with E-state index < -0.39 is 0 Å². The lowest BCUT2D eigenvalue weighted by molar-refractivity contribution is 0.0950. The van der Waals surface area contributed by atoms with Gasteiger partial charge in [0.2, 0.25) is 0 Å². The van der Waals surface area contributed by atoms with Gasteiger partial charge in [-0.2, -0.15) is 5.10 Å². The predicted molar refractivity (Wildman–Crippen MR) is 98.4 cm³/mol. The number of nitrogens with zero attached hydrogens (tertiary/aromatic N) is 4. The number of pyridine rings is 2. The van der Waals surface area contributed by atoms with Crippen LogP contribution in [0.15, 0.2) is 55.1 Å². The molecule has 3 aromatic heterocycles. The Labute approximate surface area is 152 Å². The third kappa shape index (κ3) is 3.49. The zero-order valence-corrected chi connectivity index (χ0v) is 14.5. The molecule has 0 spiro atoms. The molecule has 3 heterocycles. The molecular formula is C20H21N5O. The summed E-state index contributed by atoms with van der Waals surface area (Å²) >= 11 is 0. The Balaban J connectivity index is 1.56. The summed E-state index contributed by atoms with van der Waals surface area (Å²) in [5, 5.41) is 7.75. The van der Waals surface area contributed by atoms with Crippen LogP contribution in [0.4, 0.5) is 0 Å². The van der Waals surface area contributed by atoms with Crippen molar-refractivity contribution in [1.29, 1.82) is 0 Å². The van der Waals surface area contributed by atoms with Gasteiger partial charge in [-0.1, -0.05) is 12.8 Å². The highest BCUT2D eigenvalue weighted by molar-refractivity contribution is 5.93. The number of rotatable bonds is 5. The van der Waals surface area contributed by atoms with Crippen molar-refractivity contribution in [3.05, 3.63) is 66.4 Å². The molecular weight excluding hydrogens is 326 g/mol. The van der Waals surface area contributed by atoms with Crippen molar-refractivity contribution in [3.63, 3.8) is 0 Å². The minimum absolute atomic E-state index is 0.117. The van der Waals surface area contributed by atoms with E-state index in [2.05, 4.69) is 26.0 Å². The van der Waals surface area contributed by atoms with Crippen LogP contribution in [0.2, 0.25) is 0 Å². The first-order chi connectivity index (χ1) is 12.8. The molecule has 0 atom stereocenters. The summed E-state index contributed by atoms with van der Waals surface area (Å²) in [7, 11) is 0. The molecule has 0 radical (unpaired) electrons. The van der Waals surface area contributed by atoms with Gasteiger partial charge in [0, 0.05) is 35.9 Å². The molecule has 6 heteroatoms. The Morgan fingerprint density at radius 2 is 1.69 bits per heavy atom. The SMILES string of the molecule is O=C(NCc1cc(-c2ccncc2)n(C2CCCC2)n1)c1ccncc1. The van der Waals surface area contributed by atoms with Crippen LogP contribution in [0.3, 0.4) is 0 Å². The largest absolute Gasteiger partial charge is 0.346 e. The molecule has 6 nitrogen and oxygen atoms in total. The van der Waals surface area contributed by atoms with Crippen molar-refractivity contribution in [1.82, 2.24) is 25.1 Å². The van der Waals surface area contributed by atoms with E-state index in [1.165, 1.54) is 12.8 Å². The number of carbonyl (C=O) groups excluding carboxylic acids is 1. The number of aromatic nitrogens is 4. The fourth-order valence-electron chi connectivity index (χ4n) is 3.47. The lowest BCUT2D eigenvalue weighted by Crippen LogP contribution is -2.23. The third-order valence-electron chi connectivity index (χ3n) is 4.81. The maximum absolute atomic E-state index is 12.3. The summed E-state index contributed by atoms with van der Waals surface area (Å²) in [4.78, 5) is 20.3. The first-order valence-corrected chi connectivity index (χ1v) is 8.98. The molecule has 1 aliphatic carbocycles. The predicted octanol–water partition coefficient (Wildman–Crippen LogP) is 3.39. The molecule has 26 heavy (non-hydrogen) atoms. The third-order valence-corrected chi connectivity index (χ3v) is 4.81. The molecule has 1 N–H and O–H groups in total. The highest BCUT2D eigenvalue weighted by Crippen LogP contribution is 2.33. The van der Waals surface area contributed by atoms with Gasteiger partial charge in [0.1, 0.15) is 0 Å². The quantitative estimate of drug-likeness (QED) is 0.768. The van der Waals surface area contributed by atoms with Gasteiger partial charge >= 0.3 is 0 Å². The summed E-state index contributed by atoms with van der Waals surface area (Å²) < 4.78 is 2.14. The molecule has 0 unspecified atom stereocenters. The van der Waals surface area contributed by atoms with Crippen LogP contribution >= 0.6 is 0 Å². The zero-order valence-electron chi connectivity index (χ0n) is 14.5. The summed E-state index contributed by atoms with van der Waals surface area (Å²) in [6.07, 6.45) is 11.6. The van der Waals surface area contributed by atoms with E-state index in [4.69, 9.17) is 5.10 Å². The lowest BCUT2D eigenvalue weighted by Gasteiger charge is -2.14. The summed E-state index contributed by atoms with van der Waals surface area (Å²) in [5.41, 5.74) is 3.66. The number of nitrogens with one attached hydrogen (secondary N) is 1. The molecule has 1 fully saturated rings. The minimum Gasteiger partial charge on any atom is -0.346 e. The van der Waals surface area contributed by atoms with E-state index >= 15 is 0 Å². The molecule has 132 valence electrons. The summed E-state index contributed by atoms with van der Waals surface area (Å²) in [6, 6.07) is 9.91. The van der Waals surface area contributed by atoms with Gasteiger partial charge in [-0.25, -0.2) is 0 Å². The number of amides is 1. The monoisotopic (exact) mass is 347 g/mol. The molecule has 0 saturated heterocycles. The van der Waals surface area contributed by atoms with Crippen LogP contribution < -0.4 is 5.32 Å². The molecule has 1 aliphatic rings. The van der Waals surface area contributed by atoms with Crippen molar-refractivity contribution in [2.45, 2.75) is 38.3 Å². The van der Waals surface area contributed by atoms with Gasteiger partial charge in [-0.3, -0.25) is 19.4 Å². The average molecular weight is 347 g/mol. The second-order valence-corrected chi connectivity index (χ2v) is 6.56. The fraction of sp³-hybridized carbons (Fsp3) is 0.300. The maximum Gasteiger partial charge on any atom is 0.251 e.